The van der Waals surface area contributed by atoms with Crippen LogP contribution < -0.4 is 20.7 Å². The molecular formula is C28H29F5N8O6. The van der Waals surface area contributed by atoms with Crippen molar-refractivity contribution in [3.05, 3.63) is 34.8 Å². The largest absolute Gasteiger partial charge is 0.490 e. The lowest BCUT2D eigenvalue weighted by Crippen LogP contribution is -2.48. The van der Waals surface area contributed by atoms with E-state index in [4.69, 9.17) is 25.1 Å². The number of anilines is 2. The van der Waals surface area contributed by atoms with Crippen molar-refractivity contribution >= 4 is 40.6 Å². The zero-order valence-corrected chi connectivity index (χ0v) is 24.8. The van der Waals surface area contributed by atoms with Gasteiger partial charge in [0.15, 0.2) is 29.9 Å². The standard InChI is InChI=1S/C26H28F2N8O4.C2HF3O2/c1-12(29)22-33-20-18(27)14-6-13(7-15(14)19(28)21(20)34-22)9-35-4-2-26(3-5-35)11-36(25(38)40-26)16-8-30-24-23(31-16)32-17(37)10-39-24;3-2(4,5)1(6)7/h8,12-13H,2-7,9-11,29H2,1H3,(H,33,34)(H,31,32,37);(H,6,7). The smallest absolute Gasteiger partial charge is 0.475 e. The Morgan fingerprint density at radius 1 is 1.17 bits per heavy atom. The number of carboxylic acids is 1. The van der Waals surface area contributed by atoms with E-state index in [0.29, 0.717) is 68.8 Å². The minimum absolute atomic E-state index is 0.00948. The number of carboxylic acid groups (broad SMARTS) is 1. The highest BCUT2D eigenvalue weighted by molar-refractivity contribution is 5.95. The number of hydrogen-bond acceptors (Lipinski definition) is 10. The van der Waals surface area contributed by atoms with Crippen LogP contribution in [-0.4, -0.2) is 92.5 Å². The molecule has 5 N–H and O–H groups in total. The number of benzene rings is 1. The molecule has 4 aliphatic rings. The quantitative estimate of drug-likeness (QED) is 0.299. The Kier molecular flexibility index (Phi) is 8.15. The van der Waals surface area contributed by atoms with Crippen molar-refractivity contribution in [3.63, 3.8) is 0 Å². The first-order chi connectivity index (χ1) is 22.1. The zero-order chi connectivity index (χ0) is 33.8. The van der Waals surface area contributed by atoms with Gasteiger partial charge in [-0.15, -0.1) is 0 Å². The molecule has 1 aromatic carbocycles. The summed E-state index contributed by atoms with van der Waals surface area (Å²) in [4.78, 5) is 52.6. The van der Waals surface area contributed by atoms with E-state index >= 15 is 8.78 Å². The molecule has 0 saturated carbocycles. The SMILES string of the molecule is CC(N)c1nc2c(F)c3c(c(F)c2[nH]1)CC(CN1CCC2(CC1)CN(c1cnc4c(n1)NC(=O)CO4)C(=O)O2)C3.O=C(O)C(F)(F)F. The van der Waals surface area contributed by atoms with Crippen LogP contribution in [-0.2, 0) is 27.2 Å². The number of piperidine rings is 1. The van der Waals surface area contributed by atoms with Crippen molar-refractivity contribution in [3.8, 4) is 5.88 Å². The van der Waals surface area contributed by atoms with Crippen LogP contribution in [0.15, 0.2) is 6.20 Å². The average molecular weight is 669 g/mol. The van der Waals surface area contributed by atoms with Crippen LogP contribution in [0.1, 0.15) is 42.8 Å². The summed E-state index contributed by atoms with van der Waals surface area (Å²) in [5, 5.41) is 9.72. The third-order valence-corrected chi connectivity index (χ3v) is 8.56. The molecule has 2 atom stereocenters. The number of fused-ring (bicyclic) bond motifs is 3. The van der Waals surface area contributed by atoms with Crippen LogP contribution >= 0.6 is 0 Å². The fourth-order valence-corrected chi connectivity index (χ4v) is 6.24. The Balaban J connectivity index is 0.000000499. The molecule has 3 aliphatic heterocycles. The van der Waals surface area contributed by atoms with Gasteiger partial charge in [-0.25, -0.2) is 33.3 Å². The van der Waals surface area contributed by atoms with E-state index in [1.54, 1.807) is 6.92 Å². The number of H-pyrrole nitrogens is 1. The van der Waals surface area contributed by atoms with Crippen molar-refractivity contribution in [2.75, 3.05) is 43.0 Å². The van der Waals surface area contributed by atoms with Gasteiger partial charge in [0.05, 0.1) is 18.8 Å². The fourth-order valence-electron chi connectivity index (χ4n) is 6.24. The Bertz CT molecular complexity index is 1710. The number of aromatic nitrogens is 4. The average Bonchev–Trinajstić information content (AvgIpc) is 3.73. The summed E-state index contributed by atoms with van der Waals surface area (Å²) in [7, 11) is 0. The number of aliphatic carboxylic acids is 1. The van der Waals surface area contributed by atoms with Crippen LogP contribution in [0.2, 0.25) is 0 Å². The van der Waals surface area contributed by atoms with Gasteiger partial charge in [0.1, 0.15) is 22.5 Å². The molecule has 2 unspecified atom stereocenters. The second-order valence-electron chi connectivity index (χ2n) is 12.0. The van der Waals surface area contributed by atoms with Crippen LogP contribution in [0.3, 0.4) is 0 Å². The first-order valence-corrected chi connectivity index (χ1v) is 14.6. The Hall–Kier alpha value is -4.65. The predicted octanol–water partition coefficient (Wildman–Crippen LogP) is 2.82. The zero-order valence-electron chi connectivity index (χ0n) is 24.8. The summed E-state index contributed by atoms with van der Waals surface area (Å²) in [6.07, 6.45) is -2.06. The number of carbonyl (C=O) groups is 3. The van der Waals surface area contributed by atoms with Crippen molar-refractivity contribution in [2.24, 2.45) is 11.7 Å². The molecule has 0 bridgehead atoms. The molecule has 2 fully saturated rings. The van der Waals surface area contributed by atoms with E-state index < -0.39 is 41.5 Å². The number of nitrogens with one attached hydrogen (secondary N) is 2. The number of nitrogens with two attached hydrogens (primary N) is 1. The van der Waals surface area contributed by atoms with Crippen LogP contribution in [0.5, 0.6) is 5.88 Å². The van der Waals surface area contributed by atoms with Crippen molar-refractivity contribution in [2.45, 2.75) is 50.4 Å². The van der Waals surface area contributed by atoms with Crippen molar-refractivity contribution in [1.82, 2.24) is 24.8 Å². The number of rotatable bonds is 4. The normalized spacial score (nSPS) is 19.9. The first-order valence-electron chi connectivity index (χ1n) is 14.6. The first kappa shape index (κ1) is 32.3. The Morgan fingerprint density at radius 2 is 1.83 bits per heavy atom. The summed E-state index contributed by atoms with van der Waals surface area (Å²) in [5.41, 5.74) is 6.09. The third kappa shape index (κ3) is 6.23. The number of hydrogen-bond donors (Lipinski definition) is 4. The van der Waals surface area contributed by atoms with Crippen molar-refractivity contribution in [1.29, 1.82) is 0 Å². The summed E-state index contributed by atoms with van der Waals surface area (Å²) >= 11 is 0. The number of imidazole rings is 1. The Morgan fingerprint density at radius 3 is 2.47 bits per heavy atom. The van der Waals surface area contributed by atoms with E-state index in [-0.39, 0.29) is 47.0 Å². The lowest BCUT2D eigenvalue weighted by molar-refractivity contribution is -0.192. The predicted molar refractivity (Wildman–Crippen MR) is 152 cm³/mol. The third-order valence-electron chi connectivity index (χ3n) is 8.56. The number of carbonyl (C=O) groups excluding carboxylic acids is 2. The number of amides is 2. The topological polar surface area (TPSA) is 189 Å². The second-order valence-corrected chi connectivity index (χ2v) is 12.0. The number of nitrogens with zero attached hydrogens (tertiary/aromatic N) is 5. The lowest BCUT2D eigenvalue weighted by Gasteiger charge is -2.38. The van der Waals surface area contributed by atoms with E-state index in [2.05, 4.69) is 30.2 Å². The van der Waals surface area contributed by atoms with Gasteiger partial charge in [0.2, 0.25) is 0 Å². The highest BCUT2D eigenvalue weighted by Crippen LogP contribution is 2.39. The molecule has 2 amide bonds. The molecule has 1 aliphatic carbocycles. The molecular weight excluding hydrogens is 639 g/mol. The lowest BCUT2D eigenvalue weighted by atomic mass is 9.90. The van der Waals surface area contributed by atoms with E-state index in [1.807, 2.05) is 0 Å². The van der Waals surface area contributed by atoms with E-state index in [0.717, 1.165) is 0 Å². The molecule has 5 heterocycles. The molecule has 19 heteroatoms. The highest BCUT2D eigenvalue weighted by atomic mass is 19.4. The van der Waals surface area contributed by atoms with Gasteiger partial charge in [-0.05, 0) is 36.8 Å². The Labute approximate surface area is 262 Å². The molecule has 14 nitrogen and oxygen atoms in total. The van der Waals surface area contributed by atoms with Gasteiger partial charge in [0, 0.05) is 32.5 Å². The van der Waals surface area contributed by atoms with Gasteiger partial charge < -0.3 is 35.5 Å². The number of likely N-dealkylation sites (tertiary alicyclic amines) is 1. The van der Waals surface area contributed by atoms with Crippen LogP contribution in [0.4, 0.5) is 38.4 Å². The summed E-state index contributed by atoms with van der Waals surface area (Å²) < 4.78 is 73.5. The maximum atomic E-state index is 15.3. The van der Waals surface area contributed by atoms with E-state index in [1.165, 1.54) is 11.1 Å². The van der Waals surface area contributed by atoms with Gasteiger partial charge in [-0.1, -0.05) is 0 Å². The molecule has 252 valence electrons. The maximum Gasteiger partial charge on any atom is 0.490 e. The summed E-state index contributed by atoms with van der Waals surface area (Å²) in [5.74, 6) is -2.93. The van der Waals surface area contributed by atoms with Crippen LogP contribution in [0, 0.1) is 17.6 Å². The molecule has 7 rings (SSSR count). The number of halogens is 5. The minimum Gasteiger partial charge on any atom is -0.475 e. The highest BCUT2D eigenvalue weighted by Gasteiger charge is 2.48. The molecule has 2 aromatic heterocycles. The molecule has 2 saturated heterocycles. The fraction of sp³-hybridized carbons (Fsp3) is 0.500. The van der Waals surface area contributed by atoms with Crippen molar-refractivity contribution < 1.29 is 50.9 Å². The minimum atomic E-state index is -5.08. The summed E-state index contributed by atoms with van der Waals surface area (Å²) in [6.45, 7) is 3.94. The maximum absolute atomic E-state index is 15.3. The van der Waals surface area contributed by atoms with Gasteiger partial charge in [0.25, 0.3) is 11.8 Å². The summed E-state index contributed by atoms with van der Waals surface area (Å²) in [6, 6.07) is -0.453. The van der Waals surface area contributed by atoms with Crippen LogP contribution in [0.25, 0.3) is 11.0 Å². The molecule has 47 heavy (non-hydrogen) atoms. The monoisotopic (exact) mass is 668 g/mol. The van der Waals surface area contributed by atoms with Gasteiger partial charge >= 0.3 is 18.2 Å². The van der Waals surface area contributed by atoms with E-state index in [9.17, 15) is 22.8 Å². The molecule has 3 aromatic rings. The number of alkyl halides is 3. The second kappa shape index (κ2) is 11.9. The number of aromatic amines is 1. The molecule has 0 radical (unpaired) electrons. The molecule has 1 spiro atoms. The number of ether oxygens (including phenoxy) is 2. The van der Waals surface area contributed by atoms with Gasteiger partial charge in [-0.3, -0.25) is 9.69 Å². The van der Waals surface area contributed by atoms with Gasteiger partial charge in [-0.2, -0.15) is 13.2 Å².